The number of esters is 1. The summed E-state index contributed by atoms with van der Waals surface area (Å²) in [5, 5.41) is 10.3. The number of hydrogen-bond donors (Lipinski definition) is 2. The summed E-state index contributed by atoms with van der Waals surface area (Å²) >= 11 is 0.594. The van der Waals surface area contributed by atoms with Crippen LogP contribution in [0.5, 0.6) is 0 Å². The average Bonchev–Trinajstić information content (AvgIpc) is 2.51. The van der Waals surface area contributed by atoms with Crippen LogP contribution in [0.3, 0.4) is 0 Å². The smallest absolute Gasteiger partial charge is 0.370 e. The third-order valence-electron chi connectivity index (χ3n) is 3.36. The van der Waals surface area contributed by atoms with Crippen LogP contribution >= 0.6 is 11.8 Å². The number of rotatable bonds is 7. The van der Waals surface area contributed by atoms with Crippen molar-refractivity contribution in [2.24, 2.45) is 5.92 Å². The maximum Gasteiger partial charge on any atom is 0.370 e. The van der Waals surface area contributed by atoms with E-state index in [1.54, 1.807) is 0 Å². The number of carbonyl (C=O) groups excluding carboxylic acids is 3. The summed E-state index contributed by atoms with van der Waals surface area (Å²) in [4.78, 5) is 44.9. The lowest BCUT2D eigenvalue weighted by Crippen LogP contribution is -2.41. The minimum atomic E-state index is -1.25. The molecule has 1 amide bonds. The Balaban J connectivity index is 2.21. The maximum atomic E-state index is 11.7. The fourth-order valence-corrected chi connectivity index (χ4v) is 2.86. The second-order valence-corrected chi connectivity index (χ2v) is 6.17. The molecule has 130 valence electrons. The number of ether oxygens (including phenoxy) is 2. The zero-order valence-corrected chi connectivity index (χ0v) is 13.7. The molecule has 1 atom stereocenters. The number of carbonyl (C=O) groups is 4. The standard InChI is InChI=1S/C14H21NO7S/c1-9(16)15-11(12(17)18)7-23-14(20)22-8-21-13(19)10-5-3-2-4-6-10/h10-11H,2-8H2,1H3,(H,15,16)(H,17,18). The van der Waals surface area contributed by atoms with Gasteiger partial charge in [0.15, 0.2) is 0 Å². The molecular formula is C14H21NO7S. The lowest BCUT2D eigenvalue weighted by atomic mass is 9.89. The van der Waals surface area contributed by atoms with Gasteiger partial charge in [0, 0.05) is 12.7 Å². The van der Waals surface area contributed by atoms with Gasteiger partial charge in [-0.2, -0.15) is 0 Å². The lowest BCUT2D eigenvalue weighted by Gasteiger charge is -2.19. The summed E-state index contributed by atoms with van der Waals surface area (Å²) < 4.78 is 9.60. The zero-order valence-electron chi connectivity index (χ0n) is 12.9. The third kappa shape index (κ3) is 7.87. The van der Waals surface area contributed by atoms with Crippen molar-refractivity contribution in [3.05, 3.63) is 0 Å². The Morgan fingerprint density at radius 1 is 1.17 bits per heavy atom. The minimum Gasteiger partial charge on any atom is -0.480 e. The third-order valence-corrected chi connectivity index (χ3v) is 4.21. The number of amides is 1. The van der Waals surface area contributed by atoms with Gasteiger partial charge in [-0.1, -0.05) is 19.3 Å². The number of hydrogen-bond acceptors (Lipinski definition) is 7. The van der Waals surface area contributed by atoms with Crippen molar-refractivity contribution in [3.8, 4) is 0 Å². The highest BCUT2D eigenvalue weighted by atomic mass is 32.2. The van der Waals surface area contributed by atoms with Gasteiger partial charge in [-0.15, -0.1) is 0 Å². The average molecular weight is 347 g/mol. The second kappa shape index (κ2) is 10.1. The fraction of sp³-hybridized carbons (Fsp3) is 0.714. The van der Waals surface area contributed by atoms with Crippen LogP contribution in [0.15, 0.2) is 0 Å². The van der Waals surface area contributed by atoms with Crippen molar-refractivity contribution < 1.29 is 33.8 Å². The molecule has 1 saturated carbocycles. The van der Waals surface area contributed by atoms with E-state index >= 15 is 0 Å². The van der Waals surface area contributed by atoms with Crippen LogP contribution in [0.25, 0.3) is 0 Å². The van der Waals surface area contributed by atoms with E-state index < -0.39 is 30.0 Å². The summed E-state index contributed by atoms with van der Waals surface area (Å²) in [5.74, 6) is -2.43. The number of thioether (sulfide) groups is 1. The quantitative estimate of drug-likeness (QED) is 0.525. The van der Waals surface area contributed by atoms with Crippen molar-refractivity contribution in [2.75, 3.05) is 12.5 Å². The van der Waals surface area contributed by atoms with E-state index in [1.807, 2.05) is 0 Å². The molecule has 0 heterocycles. The molecule has 1 aliphatic rings. The minimum absolute atomic E-state index is 0.133. The molecule has 23 heavy (non-hydrogen) atoms. The Labute approximate surface area is 138 Å². The van der Waals surface area contributed by atoms with E-state index in [4.69, 9.17) is 14.6 Å². The molecule has 1 unspecified atom stereocenters. The monoisotopic (exact) mass is 347 g/mol. The van der Waals surface area contributed by atoms with E-state index in [1.165, 1.54) is 6.92 Å². The summed E-state index contributed by atoms with van der Waals surface area (Å²) in [6.45, 7) is 0.697. The molecule has 0 aliphatic heterocycles. The zero-order chi connectivity index (χ0) is 17.2. The van der Waals surface area contributed by atoms with E-state index in [0.717, 1.165) is 32.1 Å². The van der Waals surface area contributed by atoms with Crippen LogP contribution in [0.1, 0.15) is 39.0 Å². The van der Waals surface area contributed by atoms with Crippen molar-refractivity contribution in [1.29, 1.82) is 0 Å². The molecule has 1 rings (SSSR count). The maximum absolute atomic E-state index is 11.7. The SMILES string of the molecule is CC(=O)NC(CSC(=O)OCOC(=O)C1CCCCC1)C(=O)O. The summed E-state index contributed by atoms with van der Waals surface area (Å²) in [6, 6.07) is -1.19. The molecular weight excluding hydrogens is 326 g/mol. The second-order valence-electron chi connectivity index (χ2n) is 5.21. The summed E-state index contributed by atoms with van der Waals surface area (Å²) in [7, 11) is 0. The van der Waals surface area contributed by atoms with E-state index in [-0.39, 0.29) is 17.6 Å². The molecule has 2 N–H and O–H groups in total. The number of carboxylic acid groups (broad SMARTS) is 1. The Morgan fingerprint density at radius 3 is 2.39 bits per heavy atom. The van der Waals surface area contributed by atoms with Gasteiger partial charge in [-0.25, -0.2) is 9.59 Å². The number of carboxylic acids is 1. The summed E-state index contributed by atoms with van der Waals surface area (Å²) in [5.41, 5.74) is 0. The first kappa shape index (κ1) is 19.3. The van der Waals surface area contributed by atoms with Gasteiger partial charge < -0.3 is 19.9 Å². The van der Waals surface area contributed by atoms with Gasteiger partial charge >= 0.3 is 17.2 Å². The van der Waals surface area contributed by atoms with Gasteiger partial charge in [0.25, 0.3) is 0 Å². The first-order valence-corrected chi connectivity index (χ1v) is 8.34. The Kier molecular flexibility index (Phi) is 8.46. The molecule has 0 aromatic carbocycles. The van der Waals surface area contributed by atoms with Gasteiger partial charge in [-0.05, 0) is 24.6 Å². The molecule has 0 aromatic heterocycles. The van der Waals surface area contributed by atoms with Crippen molar-refractivity contribution in [1.82, 2.24) is 5.32 Å². The normalized spacial score (nSPS) is 16.2. The highest BCUT2D eigenvalue weighted by molar-refractivity contribution is 8.13. The largest absolute Gasteiger partial charge is 0.480 e. The lowest BCUT2D eigenvalue weighted by molar-refractivity contribution is -0.157. The molecule has 0 bridgehead atoms. The highest BCUT2D eigenvalue weighted by Gasteiger charge is 2.23. The molecule has 0 radical (unpaired) electrons. The van der Waals surface area contributed by atoms with E-state index in [0.29, 0.717) is 11.8 Å². The van der Waals surface area contributed by atoms with Crippen molar-refractivity contribution >= 4 is 34.9 Å². The van der Waals surface area contributed by atoms with Gasteiger partial charge in [0.05, 0.1) is 5.92 Å². The predicted octanol–water partition coefficient (Wildman–Crippen LogP) is 1.53. The Bertz CT molecular complexity index is 448. The number of aliphatic carboxylic acids is 1. The van der Waals surface area contributed by atoms with E-state index in [2.05, 4.69) is 5.32 Å². The van der Waals surface area contributed by atoms with E-state index in [9.17, 15) is 19.2 Å². The topological polar surface area (TPSA) is 119 Å². The van der Waals surface area contributed by atoms with Crippen LogP contribution < -0.4 is 5.32 Å². The first-order chi connectivity index (χ1) is 10.9. The van der Waals surface area contributed by atoms with Crippen LogP contribution in [0.4, 0.5) is 4.79 Å². The molecule has 1 fully saturated rings. The van der Waals surface area contributed by atoms with Crippen LogP contribution in [-0.4, -0.2) is 46.8 Å². The van der Waals surface area contributed by atoms with Crippen LogP contribution in [0, 0.1) is 5.92 Å². The van der Waals surface area contributed by atoms with Gasteiger partial charge in [0.1, 0.15) is 6.04 Å². The first-order valence-electron chi connectivity index (χ1n) is 7.36. The summed E-state index contributed by atoms with van der Waals surface area (Å²) in [6.07, 6.45) is 4.69. The number of nitrogens with one attached hydrogen (secondary N) is 1. The molecule has 0 spiro atoms. The molecule has 9 heteroatoms. The highest BCUT2D eigenvalue weighted by Crippen LogP contribution is 2.24. The molecule has 8 nitrogen and oxygen atoms in total. The Hall–Kier alpha value is -1.77. The molecule has 0 saturated heterocycles. The fourth-order valence-electron chi connectivity index (χ4n) is 2.20. The van der Waals surface area contributed by atoms with Crippen LogP contribution in [0.2, 0.25) is 0 Å². The van der Waals surface area contributed by atoms with Crippen molar-refractivity contribution in [3.63, 3.8) is 0 Å². The molecule has 0 aromatic rings. The van der Waals surface area contributed by atoms with Gasteiger partial charge in [0.2, 0.25) is 12.7 Å². The Morgan fingerprint density at radius 2 is 1.83 bits per heavy atom. The molecule has 1 aliphatic carbocycles. The predicted molar refractivity (Wildman–Crippen MR) is 81.7 cm³/mol. The van der Waals surface area contributed by atoms with Gasteiger partial charge in [-0.3, -0.25) is 9.59 Å². The van der Waals surface area contributed by atoms with Crippen molar-refractivity contribution in [2.45, 2.75) is 45.1 Å². The van der Waals surface area contributed by atoms with Crippen LogP contribution in [-0.2, 0) is 23.9 Å².